The third-order valence-corrected chi connectivity index (χ3v) is 5.87. The number of aromatic nitrogens is 3. The lowest BCUT2D eigenvalue weighted by Crippen LogP contribution is -2.14. The molecule has 0 aliphatic carbocycles. The molecule has 0 spiro atoms. The smallest absolute Gasteiger partial charge is 0.234 e. The van der Waals surface area contributed by atoms with E-state index >= 15 is 0 Å². The van der Waals surface area contributed by atoms with Gasteiger partial charge in [-0.3, -0.25) is 9.36 Å². The highest BCUT2D eigenvalue weighted by Crippen LogP contribution is 2.28. The molecule has 5 nitrogen and oxygen atoms in total. The number of carbonyl (C=O) groups is 1. The van der Waals surface area contributed by atoms with Gasteiger partial charge in [0.05, 0.1) is 5.75 Å². The molecule has 0 aliphatic heterocycles. The number of anilines is 1. The van der Waals surface area contributed by atoms with Crippen LogP contribution in [0.1, 0.15) is 0 Å². The van der Waals surface area contributed by atoms with Gasteiger partial charge in [-0.25, -0.2) is 0 Å². The lowest BCUT2D eigenvalue weighted by Gasteiger charge is -2.10. The van der Waals surface area contributed by atoms with Crippen molar-refractivity contribution in [3.8, 4) is 17.1 Å². The van der Waals surface area contributed by atoms with Crippen molar-refractivity contribution in [3.05, 3.63) is 88.4 Å². The summed E-state index contributed by atoms with van der Waals surface area (Å²) < 4.78 is 2.85. The maximum absolute atomic E-state index is 12.4. The molecule has 30 heavy (non-hydrogen) atoms. The number of thioether (sulfide) groups is 1. The fraction of sp³-hybridized carbons (Fsp3) is 0.0455. The predicted molar refractivity (Wildman–Crippen MR) is 125 cm³/mol. The van der Waals surface area contributed by atoms with Crippen LogP contribution in [-0.4, -0.2) is 26.4 Å². The number of benzene rings is 3. The number of nitrogens with zero attached hydrogens (tertiary/aromatic N) is 3. The van der Waals surface area contributed by atoms with Crippen molar-refractivity contribution in [3.63, 3.8) is 0 Å². The molecule has 0 atom stereocenters. The van der Waals surface area contributed by atoms with Crippen LogP contribution in [0.25, 0.3) is 17.1 Å². The summed E-state index contributed by atoms with van der Waals surface area (Å²) in [5.41, 5.74) is 2.55. The quantitative estimate of drug-likeness (QED) is 0.327. The molecule has 0 radical (unpaired) electrons. The van der Waals surface area contributed by atoms with Crippen molar-refractivity contribution in [2.24, 2.45) is 0 Å². The molecular weight excluding hydrogens is 484 g/mol. The van der Waals surface area contributed by atoms with Crippen molar-refractivity contribution >= 4 is 50.9 Å². The van der Waals surface area contributed by atoms with E-state index in [1.54, 1.807) is 0 Å². The summed E-state index contributed by atoms with van der Waals surface area (Å²) in [5, 5.41) is 12.9. The molecule has 0 fully saturated rings. The van der Waals surface area contributed by atoms with Crippen LogP contribution in [-0.2, 0) is 4.79 Å². The highest BCUT2D eigenvalue weighted by atomic mass is 79.9. The van der Waals surface area contributed by atoms with E-state index in [0.717, 1.165) is 21.4 Å². The average Bonchev–Trinajstić information content (AvgIpc) is 3.17. The Balaban J connectivity index is 1.58. The molecule has 1 aromatic heterocycles. The van der Waals surface area contributed by atoms with Crippen LogP contribution in [0, 0.1) is 0 Å². The molecule has 3 aromatic carbocycles. The number of carbonyl (C=O) groups excluding carboxylic acids is 1. The van der Waals surface area contributed by atoms with Gasteiger partial charge >= 0.3 is 0 Å². The highest BCUT2D eigenvalue weighted by Gasteiger charge is 2.17. The van der Waals surface area contributed by atoms with Crippen LogP contribution in [0.15, 0.2) is 88.5 Å². The number of nitrogens with one attached hydrogen (secondary N) is 1. The molecule has 0 aliphatic rings. The second-order valence-electron chi connectivity index (χ2n) is 6.33. The minimum atomic E-state index is -0.117. The van der Waals surface area contributed by atoms with Crippen LogP contribution in [0.5, 0.6) is 0 Å². The first-order valence-corrected chi connectivity index (χ1v) is 11.2. The van der Waals surface area contributed by atoms with E-state index in [1.165, 1.54) is 11.8 Å². The molecule has 1 amide bonds. The van der Waals surface area contributed by atoms with Crippen molar-refractivity contribution in [2.75, 3.05) is 11.1 Å². The van der Waals surface area contributed by atoms with E-state index in [-0.39, 0.29) is 11.7 Å². The number of amides is 1. The number of para-hydroxylation sites is 1. The Hall–Kier alpha value is -2.61. The van der Waals surface area contributed by atoms with Crippen molar-refractivity contribution < 1.29 is 4.79 Å². The summed E-state index contributed by atoms with van der Waals surface area (Å²) in [7, 11) is 0. The van der Waals surface area contributed by atoms with E-state index in [2.05, 4.69) is 31.4 Å². The first-order valence-electron chi connectivity index (χ1n) is 9.05. The first-order chi connectivity index (χ1) is 14.6. The number of rotatable bonds is 6. The van der Waals surface area contributed by atoms with E-state index < -0.39 is 0 Å². The van der Waals surface area contributed by atoms with Gasteiger partial charge < -0.3 is 5.32 Å². The molecule has 0 bridgehead atoms. The summed E-state index contributed by atoms with van der Waals surface area (Å²) in [6.45, 7) is 0. The van der Waals surface area contributed by atoms with Crippen LogP contribution < -0.4 is 5.32 Å². The molecular formula is C22H16BrClN4OS. The van der Waals surface area contributed by atoms with Crippen LogP contribution >= 0.6 is 39.3 Å². The topological polar surface area (TPSA) is 59.8 Å². The molecule has 150 valence electrons. The Morgan fingerprint density at radius 3 is 2.50 bits per heavy atom. The van der Waals surface area contributed by atoms with Gasteiger partial charge in [0.25, 0.3) is 0 Å². The molecule has 4 aromatic rings. The summed E-state index contributed by atoms with van der Waals surface area (Å²) in [4.78, 5) is 12.4. The normalized spacial score (nSPS) is 10.7. The molecule has 1 heterocycles. The number of halogens is 2. The maximum Gasteiger partial charge on any atom is 0.234 e. The fourth-order valence-corrected chi connectivity index (χ4v) is 4.13. The van der Waals surface area contributed by atoms with E-state index in [0.29, 0.717) is 16.0 Å². The van der Waals surface area contributed by atoms with Gasteiger partial charge in [-0.2, -0.15) is 0 Å². The van der Waals surface area contributed by atoms with Gasteiger partial charge in [-0.1, -0.05) is 63.6 Å². The minimum absolute atomic E-state index is 0.117. The van der Waals surface area contributed by atoms with Crippen molar-refractivity contribution in [1.29, 1.82) is 0 Å². The SMILES string of the molecule is O=C(CSc1nnc(-c2ccc(Cl)cc2)n1-c1ccccc1)Nc1cccc(Br)c1. The third kappa shape index (κ3) is 4.92. The third-order valence-electron chi connectivity index (χ3n) is 4.19. The molecule has 8 heteroatoms. The molecule has 4 rings (SSSR count). The summed E-state index contributed by atoms with van der Waals surface area (Å²) in [6, 6.07) is 24.7. The zero-order valence-corrected chi connectivity index (χ0v) is 18.8. The van der Waals surface area contributed by atoms with E-state index in [1.807, 2.05) is 83.4 Å². The van der Waals surface area contributed by atoms with Gasteiger partial charge in [-0.05, 0) is 54.6 Å². The van der Waals surface area contributed by atoms with E-state index in [9.17, 15) is 4.79 Å². The average molecular weight is 500 g/mol. The number of hydrogen-bond donors (Lipinski definition) is 1. The fourth-order valence-electron chi connectivity index (χ4n) is 2.85. The first kappa shape index (κ1) is 20.7. The zero-order valence-electron chi connectivity index (χ0n) is 15.6. The largest absolute Gasteiger partial charge is 0.325 e. The van der Waals surface area contributed by atoms with Crippen LogP contribution in [0.3, 0.4) is 0 Å². The van der Waals surface area contributed by atoms with Gasteiger partial charge in [0.2, 0.25) is 5.91 Å². The highest BCUT2D eigenvalue weighted by molar-refractivity contribution is 9.10. The van der Waals surface area contributed by atoms with Gasteiger partial charge in [0, 0.05) is 26.4 Å². The zero-order chi connectivity index (χ0) is 20.9. The molecule has 0 saturated heterocycles. The number of hydrogen-bond acceptors (Lipinski definition) is 4. The lowest BCUT2D eigenvalue weighted by atomic mass is 10.2. The Bertz CT molecular complexity index is 1170. The standard InChI is InChI=1S/C22H16BrClN4OS/c23-16-5-4-6-18(13-16)25-20(29)14-30-22-27-26-21(15-9-11-17(24)12-10-15)28(22)19-7-2-1-3-8-19/h1-13H,14H2,(H,25,29). The Morgan fingerprint density at radius 2 is 1.77 bits per heavy atom. The predicted octanol–water partition coefficient (Wildman–Crippen LogP) is 6.08. The molecule has 0 saturated carbocycles. The molecule has 0 unspecified atom stereocenters. The summed E-state index contributed by atoms with van der Waals surface area (Å²) in [6.07, 6.45) is 0. The lowest BCUT2D eigenvalue weighted by molar-refractivity contribution is -0.113. The van der Waals surface area contributed by atoms with Crippen LogP contribution in [0.2, 0.25) is 5.02 Å². The summed E-state index contributed by atoms with van der Waals surface area (Å²) >= 11 is 10.8. The van der Waals surface area contributed by atoms with Crippen molar-refractivity contribution in [2.45, 2.75) is 5.16 Å². The van der Waals surface area contributed by atoms with Gasteiger partial charge in [-0.15, -0.1) is 10.2 Å². The van der Waals surface area contributed by atoms with Crippen LogP contribution in [0.4, 0.5) is 5.69 Å². The van der Waals surface area contributed by atoms with Crippen molar-refractivity contribution in [1.82, 2.24) is 14.8 Å². The minimum Gasteiger partial charge on any atom is -0.325 e. The monoisotopic (exact) mass is 498 g/mol. The van der Waals surface area contributed by atoms with E-state index in [4.69, 9.17) is 11.6 Å². The second kappa shape index (κ2) is 9.47. The Kier molecular flexibility index (Phi) is 6.52. The van der Waals surface area contributed by atoms with Gasteiger partial charge in [0.15, 0.2) is 11.0 Å². The summed E-state index contributed by atoms with van der Waals surface area (Å²) in [5.74, 6) is 0.777. The molecule has 1 N–H and O–H groups in total. The van der Waals surface area contributed by atoms with Gasteiger partial charge in [0.1, 0.15) is 0 Å². The Labute approximate surface area is 191 Å². The Morgan fingerprint density at radius 1 is 1.00 bits per heavy atom. The second-order valence-corrected chi connectivity index (χ2v) is 8.63. The maximum atomic E-state index is 12.4.